The van der Waals surface area contributed by atoms with Crippen molar-refractivity contribution in [1.29, 1.82) is 0 Å². The summed E-state index contributed by atoms with van der Waals surface area (Å²) in [5, 5.41) is 9.49. The van der Waals surface area contributed by atoms with Gasteiger partial charge in [0.05, 0.1) is 0 Å². The standard InChI is InChI=1S/C21H34N4S.HI/c1-22-21(24-14-18(15-7-8-15)16-9-10-16)23-13-17-5-3-11-25(2)20(17)19-6-4-12-26-19;/h4,6,12,15-18,20H,3,5,7-11,13-14H2,1-2H3,(H2,22,23,24);1H. The van der Waals surface area contributed by atoms with Crippen LogP contribution in [0.15, 0.2) is 22.5 Å². The van der Waals surface area contributed by atoms with Crippen LogP contribution in [0.2, 0.25) is 0 Å². The number of guanidine groups is 1. The van der Waals surface area contributed by atoms with E-state index >= 15 is 0 Å². The molecule has 1 saturated heterocycles. The van der Waals surface area contributed by atoms with Gasteiger partial charge in [-0.1, -0.05) is 6.07 Å². The first-order chi connectivity index (χ1) is 12.8. The number of aliphatic imine (C=N–C) groups is 1. The molecule has 0 aromatic carbocycles. The molecular weight excluding hydrogens is 467 g/mol. The fraction of sp³-hybridized carbons (Fsp3) is 0.762. The van der Waals surface area contributed by atoms with Gasteiger partial charge in [0.25, 0.3) is 0 Å². The van der Waals surface area contributed by atoms with Crippen molar-refractivity contribution in [2.75, 3.05) is 33.7 Å². The van der Waals surface area contributed by atoms with Gasteiger partial charge >= 0.3 is 0 Å². The maximum Gasteiger partial charge on any atom is 0.190 e. The molecule has 1 aromatic rings. The summed E-state index contributed by atoms with van der Waals surface area (Å²) in [4.78, 5) is 8.53. The van der Waals surface area contributed by atoms with Gasteiger partial charge in [0.1, 0.15) is 0 Å². The van der Waals surface area contributed by atoms with Crippen molar-refractivity contribution in [2.45, 2.75) is 44.6 Å². The fourth-order valence-electron chi connectivity index (χ4n) is 4.81. The lowest BCUT2D eigenvalue weighted by Crippen LogP contribution is -2.46. The van der Waals surface area contributed by atoms with Gasteiger partial charge in [-0.2, -0.15) is 0 Å². The van der Waals surface area contributed by atoms with E-state index in [1.807, 2.05) is 18.4 Å². The molecule has 0 spiro atoms. The summed E-state index contributed by atoms with van der Waals surface area (Å²) >= 11 is 1.90. The van der Waals surface area contributed by atoms with E-state index in [1.165, 1.54) is 49.9 Å². The van der Waals surface area contributed by atoms with E-state index in [0.29, 0.717) is 12.0 Å². The van der Waals surface area contributed by atoms with Crippen LogP contribution in [0.1, 0.15) is 49.4 Å². The third-order valence-corrected chi connectivity index (χ3v) is 7.50. The van der Waals surface area contributed by atoms with Gasteiger partial charge in [0, 0.05) is 31.1 Å². The van der Waals surface area contributed by atoms with Crippen molar-refractivity contribution < 1.29 is 0 Å². The van der Waals surface area contributed by atoms with Crippen LogP contribution in [0.5, 0.6) is 0 Å². The Morgan fingerprint density at radius 2 is 1.96 bits per heavy atom. The molecule has 2 aliphatic carbocycles. The maximum absolute atomic E-state index is 4.49. The minimum Gasteiger partial charge on any atom is -0.356 e. The second kappa shape index (κ2) is 9.92. The number of piperidine rings is 1. The van der Waals surface area contributed by atoms with E-state index in [1.54, 1.807) is 0 Å². The summed E-state index contributed by atoms with van der Waals surface area (Å²) in [7, 11) is 4.18. The first-order valence-corrected chi connectivity index (χ1v) is 11.3. The van der Waals surface area contributed by atoms with Crippen molar-refractivity contribution in [2.24, 2.45) is 28.7 Å². The Bertz CT molecular complexity index is 585. The van der Waals surface area contributed by atoms with Gasteiger partial charge in [-0.25, -0.2) is 0 Å². The molecule has 2 unspecified atom stereocenters. The van der Waals surface area contributed by atoms with Gasteiger partial charge in [0.2, 0.25) is 0 Å². The largest absolute Gasteiger partial charge is 0.356 e. The van der Waals surface area contributed by atoms with Gasteiger partial charge in [-0.05, 0) is 87.2 Å². The zero-order chi connectivity index (χ0) is 17.9. The maximum atomic E-state index is 4.49. The van der Waals surface area contributed by atoms with E-state index in [-0.39, 0.29) is 24.0 Å². The molecule has 2 N–H and O–H groups in total. The Labute approximate surface area is 185 Å². The normalized spacial score (nSPS) is 26.7. The molecular formula is C21H35IN4S. The fourth-order valence-corrected chi connectivity index (χ4v) is 5.80. The Kier molecular flexibility index (Phi) is 7.85. The number of hydrogen-bond donors (Lipinski definition) is 2. The minimum absolute atomic E-state index is 0. The highest BCUT2D eigenvalue weighted by Crippen LogP contribution is 2.48. The quantitative estimate of drug-likeness (QED) is 0.331. The van der Waals surface area contributed by atoms with Crippen molar-refractivity contribution in [3.05, 3.63) is 22.4 Å². The van der Waals surface area contributed by atoms with Crippen LogP contribution in [-0.2, 0) is 0 Å². The Hall–Kier alpha value is -0.340. The molecule has 4 rings (SSSR count). The third-order valence-electron chi connectivity index (χ3n) is 6.56. The second-order valence-corrected chi connectivity index (χ2v) is 9.50. The average Bonchev–Trinajstić information content (AvgIpc) is 3.58. The molecule has 0 radical (unpaired) electrons. The van der Waals surface area contributed by atoms with Crippen LogP contribution in [0.3, 0.4) is 0 Å². The summed E-state index contributed by atoms with van der Waals surface area (Å²) in [5.41, 5.74) is 0. The molecule has 2 saturated carbocycles. The topological polar surface area (TPSA) is 39.7 Å². The molecule has 27 heavy (non-hydrogen) atoms. The van der Waals surface area contributed by atoms with E-state index < -0.39 is 0 Å². The lowest BCUT2D eigenvalue weighted by atomic mass is 9.88. The Balaban J connectivity index is 0.00000210. The van der Waals surface area contributed by atoms with Crippen LogP contribution in [0, 0.1) is 23.7 Å². The SMILES string of the molecule is CN=C(NCC1CCCN(C)C1c1cccs1)NCC(C1CC1)C1CC1.I. The molecule has 4 nitrogen and oxygen atoms in total. The van der Waals surface area contributed by atoms with Gasteiger partial charge in [-0.3, -0.25) is 9.89 Å². The molecule has 1 aliphatic heterocycles. The summed E-state index contributed by atoms with van der Waals surface area (Å²) < 4.78 is 0. The zero-order valence-corrected chi connectivity index (χ0v) is 19.8. The van der Waals surface area contributed by atoms with E-state index in [2.05, 4.69) is 45.1 Å². The number of rotatable bonds is 7. The number of likely N-dealkylation sites (tertiary alicyclic amines) is 1. The van der Waals surface area contributed by atoms with Crippen LogP contribution < -0.4 is 10.6 Å². The van der Waals surface area contributed by atoms with Crippen LogP contribution in [0.25, 0.3) is 0 Å². The lowest BCUT2D eigenvalue weighted by Gasteiger charge is -2.39. The van der Waals surface area contributed by atoms with Crippen LogP contribution in [-0.4, -0.2) is 44.6 Å². The molecule has 2 heterocycles. The minimum atomic E-state index is 0. The summed E-state index contributed by atoms with van der Waals surface area (Å²) in [6.07, 6.45) is 8.39. The van der Waals surface area contributed by atoms with Gasteiger partial charge in [-0.15, -0.1) is 35.3 Å². The average molecular weight is 503 g/mol. The first kappa shape index (κ1) is 21.4. The molecule has 2 atom stereocenters. The van der Waals surface area contributed by atoms with E-state index in [9.17, 15) is 0 Å². The summed E-state index contributed by atoms with van der Waals surface area (Å²) in [5.74, 6) is 4.50. The molecule has 152 valence electrons. The van der Waals surface area contributed by atoms with Gasteiger partial charge < -0.3 is 10.6 Å². The smallest absolute Gasteiger partial charge is 0.190 e. The lowest BCUT2D eigenvalue weighted by molar-refractivity contribution is 0.125. The van der Waals surface area contributed by atoms with E-state index in [0.717, 1.165) is 36.8 Å². The van der Waals surface area contributed by atoms with Crippen molar-refractivity contribution in [3.63, 3.8) is 0 Å². The van der Waals surface area contributed by atoms with Crippen LogP contribution in [0.4, 0.5) is 0 Å². The molecule has 0 bridgehead atoms. The number of nitrogens with zero attached hydrogens (tertiary/aromatic N) is 2. The molecule has 0 amide bonds. The van der Waals surface area contributed by atoms with Crippen LogP contribution >= 0.6 is 35.3 Å². The van der Waals surface area contributed by atoms with Crippen molar-refractivity contribution >= 4 is 41.3 Å². The molecule has 3 aliphatic rings. The number of thiophene rings is 1. The monoisotopic (exact) mass is 502 g/mol. The Morgan fingerprint density at radius 1 is 1.22 bits per heavy atom. The zero-order valence-electron chi connectivity index (χ0n) is 16.7. The molecule has 1 aromatic heterocycles. The summed E-state index contributed by atoms with van der Waals surface area (Å²) in [6.45, 7) is 3.31. The highest BCUT2D eigenvalue weighted by atomic mass is 127. The predicted molar refractivity (Wildman–Crippen MR) is 126 cm³/mol. The Morgan fingerprint density at radius 3 is 2.56 bits per heavy atom. The molecule has 3 fully saturated rings. The molecule has 6 heteroatoms. The second-order valence-electron chi connectivity index (χ2n) is 8.52. The number of halogens is 1. The van der Waals surface area contributed by atoms with E-state index in [4.69, 9.17) is 0 Å². The number of nitrogens with one attached hydrogen (secondary N) is 2. The van der Waals surface area contributed by atoms with Crippen molar-refractivity contribution in [1.82, 2.24) is 15.5 Å². The third kappa shape index (κ3) is 5.60. The van der Waals surface area contributed by atoms with Crippen molar-refractivity contribution in [3.8, 4) is 0 Å². The van der Waals surface area contributed by atoms with Gasteiger partial charge in [0.15, 0.2) is 5.96 Å². The first-order valence-electron chi connectivity index (χ1n) is 10.4. The highest BCUT2D eigenvalue weighted by Gasteiger charge is 2.41. The predicted octanol–water partition coefficient (Wildman–Crippen LogP) is 4.35. The summed E-state index contributed by atoms with van der Waals surface area (Å²) in [6, 6.07) is 5.02. The number of hydrogen-bond acceptors (Lipinski definition) is 3. The highest BCUT2D eigenvalue weighted by molar-refractivity contribution is 14.0.